The number of amides is 1. The number of nitrogens with one attached hydrogen (secondary N) is 1. The van der Waals surface area contributed by atoms with Gasteiger partial charge in [-0.2, -0.15) is 0 Å². The number of benzene rings is 2. The van der Waals surface area contributed by atoms with Crippen molar-refractivity contribution >= 4 is 35.0 Å². The molecule has 1 atom stereocenters. The maximum atomic E-state index is 12.3. The minimum absolute atomic E-state index is 0.114. The molecule has 3 rings (SSSR count). The second-order valence-corrected chi connectivity index (χ2v) is 7.21. The molecule has 1 heterocycles. The second-order valence-electron chi connectivity index (χ2n) is 5.79. The van der Waals surface area contributed by atoms with E-state index in [-0.39, 0.29) is 17.8 Å². The average molecular weight is 378 g/mol. The van der Waals surface area contributed by atoms with Gasteiger partial charge in [-0.1, -0.05) is 23.7 Å². The monoisotopic (exact) mass is 377 g/mol. The number of thioether (sulfide) groups is 1. The lowest BCUT2D eigenvalue weighted by atomic mass is 10.1. The zero-order valence-electron chi connectivity index (χ0n) is 14.2. The fraction of sp³-hybridized carbons (Fsp3) is 0.316. The van der Waals surface area contributed by atoms with Crippen molar-refractivity contribution in [1.29, 1.82) is 0 Å². The van der Waals surface area contributed by atoms with E-state index in [1.807, 2.05) is 50.2 Å². The zero-order valence-corrected chi connectivity index (χ0v) is 15.7. The van der Waals surface area contributed by atoms with Crippen molar-refractivity contribution in [2.45, 2.75) is 31.3 Å². The Morgan fingerprint density at radius 2 is 2.20 bits per heavy atom. The van der Waals surface area contributed by atoms with Crippen molar-refractivity contribution in [2.75, 3.05) is 17.7 Å². The molecule has 1 aliphatic rings. The summed E-state index contributed by atoms with van der Waals surface area (Å²) in [6.45, 7) is 4.48. The van der Waals surface area contributed by atoms with Gasteiger partial charge in [0.1, 0.15) is 17.6 Å². The standard InChI is InChI=1S/C19H20ClNO3S/c1-3-23-17-9-13-8-12(2)24-16(13)10-15(17)21-19(22)11-25-18-7-5-4-6-14(18)20/h4-7,9-10,12H,3,8,11H2,1-2H3,(H,21,22). The van der Waals surface area contributed by atoms with Gasteiger partial charge in [0, 0.05) is 22.9 Å². The molecular weight excluding hydrogens is 358 g/mol. The van der Waals surface area contributed by atoms with Crippen LogP contribution < -0.4 is 14.8 Å². The van der Waals surface area contributed by atoms with E-state index in [4.69, 9.17) is 21.1 Å². The molecule has 0 aromatic heterocycles. The summed E-state index contributed by atoms with van der Waals surface area (Å²) in [5.74, 6) is 1.64. The van der Waals surface area contributed by atoms with Gasteiger partial charge >= 0.3 is 0 Å². The number of hydrogen-bond acceptors (Lipinski definition) is 4. The van der Waals surface area contributed by atoms with E-state index in [1.54, 1.807) is 0 Å². The first kappa shape index (κ1) is 18.0. The van der Waals surface area contributed by atoms with Gasteiger partial charge in [0.15, 0.2) is 0 Å². The van der Waals surface area contributed by atoms with Crippen LogP contribution in [0, 0.1) is 0 Å². The molecule has 0 bridgehead atoms. The Morgan fingerprint density at radius 1 is 1.40 bits per heavy atom. The van der Waals surface area contributed by atoms with Crippen LogP contribution in [0.5, 0.6) is 11.5 Å². The molecule has 0 fully saturated rings. The molecule has 0 radical (unpaired) electrons. The molecule has 0 saturated carbocycles. The first-order valence-electron chi connectivity index (χ1n) is 8.20. The molecule has 4 nitrogen and oxygen atoms in total. The highest BCUT2D eigenvalue weighted by atomic mass is 35.5. The van der Waals surface area contributed by atoms with Crippen molar-refractivity contribution < 1.29 is 14.3 Å². The van der Waals surface area contributed by atoms with E-state index in [0.717, 1.165) is 22.6 Å². The van der Waals surface area contributed by atoms with Crippen molar-refractivity contribution in [3.05, 3.63) is 47.0 Å². The van der Waals surface area contributed by atoms with Gasteiger partial charge < -0.3 is 14.8 Å². The van der Waals surface area contributed by atoms with Gasteiger partial charge in [-0.15, -0.1) is 11.8 Å². The third kappa shape index (κ3) is 4.41. The highest BCUT2D eigenvalue weighted by Crippen LogP contribution is 2.38. The number of ether oxygens (including phenoxy) is 2. The molecule has 1 aliphatic heterocycles. The fourth-order valence-electron chi connectivity index (χ4n) is 2.70. The maximum Gasteiger partial charge on any atom is 0.234 e. The lowest BCUT2D eigenvalue weighted by molar-refractivity contribution is -0.113. The molecule has 6 heteroatoms. The van der Waals surface area contributed by atoms with E-state index in [1.165, 1.54) is 11.8 Å². The lowest BCUT2D eigenvalue weighted by Crippen LogP contribution is -2.15. The van der Waals surface area contributed by atoms with Gasteiger partial charge in [0.2, 0.25) is 5.91 Å². The number of fused-ring (bicyclic) bond motifs is 1. The third-order valence-corrected chi connectivity index (χ3v) is 5.28. The van der Waals surface area contributed by atoms with Gasteiger partial charge in [-0.05, 0) is 32.0 Å². The summed E-state index contributed by atoms with van der Waals surface area (Å²) in [5.41, 5.74) is 1.75. The minimum Gasteiger partial charge on any atom is -0.492 e. The minimum atomic E-state index is -0.114. The molecule has 1 unspecified atom stereocenters. The highest BCUT2D eigenvalue weighted by Gasteiger charge is 2.22. The van der Waals surface area contributed by atoms with Crippen LogP contribution >= 0.6 is 23.4 Å². The summed E-state index contributed by atoms with van der Waals surface area (Å²) in [7, 11) is 0. The predicted molar refractivity (Wildman–Crippen MR) is 102 cm³/mol. The Kier molecular flexibility index (Phi) is 5.76. The number of hydrogen-bond donors (Lipinski definition) is 1. The van der Waals surface area contributed by atoms with E-state index >= 15 is 0 Å². The number of anilines is 1. The molecule has 2 aromatic carbocycles. The summed E-state index contributed by atoms with van der Waals surface area (Å²) in [6.07, 6.45) is 0.998. The molecule has 0 saturated heterocycles. The van der Waals surface area contributed by atoms with Crippen LogP contribution in [0.4, 0.5) is 5.69 Å². The summed E-state index contributed by atoms with van der Waals surface area (Å²) >= 11 is 7.53. The quantitative estimate of drug-likeness (QED) is 0.735. The van der Waals surface area contributed by atoms with Crippen molar-refractivity contribution in [2.24, 2.45) is 0 Å². The Morgan fingerprint density at radius 3 is 2.96 bits per heavy atom. The van der Waals surface area contributed by atoms with Crippen LogP contribution in [-0.4, -0.2) is 24.4 Å². The smallest absolute Gasteiger partial charge is 0.234 e. The Labute approximate surface area is 156 Å². The lowest BCUT2D eigenvalue weighted by Gasteiger charge is -2.13. The van der Waals surface area contributed by atoms with Crippen molar-refractivity contribution in [3.63, 3.8) is 0 Å². The van der Waals surface area contributed by atoms with Crippen LogP contribution in [0.25, 0.3) is 0 Å². The molecule has 1 N–H and O–H groups in total. The maximum absolute atomic E-state index is 12.3. The van der Waals surface area contributed by atoms with Crippen LogP contribution in [-0.2, 0) is 11.2 Å². The van der Waals surface area contributed by atoms with Gasteiger partial charge in [-0.3, -0.25) is 4.79 Å². The van der Waals surface area contributed by atoms with Crippen molar-refractivity contribution in [3.8, 4) is 11.5 Å². The summed E-state index contributed by atoms with van der Waals surface area (Å²) in [6, 6.07) is 11.3. The number of carbonyl (C=O) groups is 1. The summed E-state index contributed by atoms with van der Waals surface area (Å²) in [5, 5.41) is 3.57. The molecule has 25 heavy (non-hydrogen) atoms. The van der Waals surface area contributed by atoms with Gasteiger partial charge in [0.05, 0.1) is 23.1 Å². The first-order valence-corrected chi connectivity index (χ1v) is 9.56. The van der Waals surface area contributed by atoms with Crippen LogP contribution in [0.2, 0.25) is 5.02 Å². The largest absolute Gasteiger partial charge is 0.492 e. The summed E-state index contributed by atoms with van der Waals surface area (Å²) in [4.78, 5) is 13.2. The molecule has 2 aromatic rings. The molecule has 0 spiro atoms. The first-order chi connectivity index (χ1) is 12.1. The normalized spacial score (nSPS) is 15.4. The van der Waals surface area contributed by atoms with E-state index in [0.29, 0.717) is 23.1 Å². The van der Waals surface area contributed by atoms with Gasteiger partial charge in [-0.25, -0.2) is 0 Å². The van der Waals surface area contributed by atoms with E-state index in [9.17, 15) is 4.79 Å². The summed E-state index contributed by atoms with van der Waals surface area (Å²) < 4.78 is 11.5. The number of halogens is 1. The van der Waals surface area contributed by atoms with Crippen LogP contribution in [0.1, 0.15) is 19.4 Å². The Bertz CT molecular complexity index is 781. The average Bonchev–Trinajstić information content (AvgIpc) is 2.93. The molecule has 1 amide bonds. The SMILES string of the molecule is CCOc1cc2c(cc1NC(=O)CSc1ccccc1Cl)OC(C)C2. The van der Waals surface area contributed by atoms with Crippen LogP contribution in [0.15, 0.2) is 41.3 Å². The second kappa shape index (κ2) is 8.02. The topological polar surface area (TPSA) is 47.6 Å². The molecular formula is C19H20ClNO3S. The van der Waals surface area contributed by atoms with E-state index < -0.39 is 0 Å². The van der Waals surface area contributed by atoms with Gasteiger partial charge in [0.25, 0.3) is 0 Å². The molecule has 0 aliphatic carbocycles. The number of rotatable bonds is 6. The predicted octanol–water partition coefficient (Wildman–Crippen LogP) is 4.79. The highest BCUT2D eigenvalue weighted by molar-refractivity contribution is 8.00. The zero-order chi connectivity index (χ0) is 17.8. The van der Waals surface area contributed by atoms with Crippen LogP contribution in [0.3, 0.4) is 0 Å². The fourth-order valence-corrected chi connectivity index (χ4v) is 3.74. The Hall–Kier alpha value is -1.85. The number of carbonyl (C=O) groups excluding carboxylic acids is 1. The van der Waals surface area contributed by atoms with E-state index in [2.05, 4.69) is 5.32 Å². The molecule has 132 valence electrons. The Balaban J connectivity index is 1.70. The third-order valence-electron chi connectivity index (χ3n) is 3.77. The van der Waals surface area contributed by atoms with Crippen molar-refractivity contribution in [1.82, 2.24) is 0 Å².